The van der Waals surface area contributed by atoms with Crippen molar-refractivity contribution in [1.82, 2.24) is 3.97 Å². The van der Waals surface area contributed by atoms with Crippen molar-refractivity contribution < 1.29 is 8.42 Å². The molecule has 3 nitrogen and oxygen atoms in total. The molecule has 3 rings (SSSR count). The van der Waals surface area contributed by atoms with Crippen LogP contribution in [0.25, 0.3) is 11.1 Å². The Bertz CT molecular complexity index is 908. The van der Waals surface area contributed by atoms with E-state index in [1.54, 1.807) is 24.5 Å². The van der Waals surface area contributed by atoms with Gasteiger partial charge in [-0.1, -0.05) is 55.0 Å². The molecule has 0 atom stereocenters. The molecule has 0 radical (unpaired) electrons. The van der Waals surface area contributed by atoms with Gasteiger partial charge in [0.2, 0.25) is 0 Å². The minimum absolute atomic E-state index is 0.306. The fraction of sp³-hybridized carbons (Fsp3) is 0.158. The summed E-state index contributed by atoms with van der Waals surface area (Å²) < 4.78 is 27.0. The van der Waals surface area contributed by atoms with E-state index >= 15 is 0 Å². The van der Waals surface area contributed by atoms with Crippen molar-refractivity contribution >= 4 is 10.0 Å². The molecule has 0 aliphatic rings. The van der Waals surface area contributed by atoms with Crippen LogP contribution in [-0.2, 0) is 16.4 Å². The van der Waals surface area contributed by atoms with Gasteiger partial charge in [0.05, 0.1) is 4.90 Å². The summed E-state index contributed by atoms with van der Waals surface area (Å²) in [5.41, 5.74) is 4.05. The van der Waals surface area contributed by atoms with Gasteiger partial charge in [0.1, 0.15) is 0 Å². The van der Waals surface area contributed by atoms with Gasteiger partial charge >= 0.3 is 0 Å². The SMILES string of the molecule is CCc1cn(S(=O)(=O)c2ccc(C)cc2)cc1-c1ccccc1. The van der Waals surface area contributed by atoms with E-state index in [0.717, 1.165) is 28.7 Å². The standard InChI is InChI=1S/C19H19NO2S/c1-3-16-13-20(14-19(16)17-7-5-4-6-8-17)23(21,22)18-11-9-15(2)10-12-18/h4-14H,3H2,1-2H3. The van der Waals surface area contributed by atoms with Gasteiger partial charge in [-0.05, 0) is 36.6 Å². The number of hydrogen-bond acceptors (Lipinski definition) is 2. The van der Waals surface area contributed by atoms with Crippen LogP contribution in [-0.4, -0.2) is 12.4 Å². The van der Waals surface area contributed by atoms with Crippen LogP contribution in [0.4, 0.5) is 0 Å². The molecule has 1 heterocycles. The molecular weight excluding hydrogens is 306 g/mol. The Morgan fingerprint density at radius 1 is 0.913 bits per heavy atom. The van der Waals surface area contributed by atoms with E-state index < -0.39 is 10.0 Å². The molecule has 0 aliphatic carbocycles. The zero-order valence-electron chi connectivity index (χ0n) is 13.2. The maximum atomic E-state index is 12.8. The van der Waals surface area contributed by atoms with Gasteiger partial charge in [0, 0.05) is 18.0 Å². The lowest BCUT2D eigenvalue weighted by atomic mass is 10.0. The molecule has 0 unspecified atom stereocenters. The minimum atomic E-state index is -3.56. The molecule has 23 heavy (non-hydrogen) atoms. The smallest absolute Gasteiger partial charge is 0.248 e. The zero-order valence-corrected chi connectivity index (χ0v) is 14.0. The number of nitrogens with zero attached hydrogens (tertiary/aromatic N) is 1. The average molecular weight is 325 g/mol. The average Bonchev–Trinajstić information content (AvgIpc) is 3.01. The zero-order chi connectivity index (χ0) is 16.4. The van der Waals surface area contributed by atoms with Crippen LogP contribution in [0.1, 0.15) is 18.1 Å². The van der Waals surface area contributed by atoms with Crippen LogP contribution in [0, 0.1) is 6.92 Å². The maximum Gasteiger partial charge on any atom is 0.267 e. The Hall–Kier alpha value is -2.33. The summed E-state index contributed by atoms with van der Waals surface area (Å²) in [7, 11) is -3.56. The number of rotatable bonds is 4. The Morgan fingerprint density at radius 3 is 2.17 bits per heavy atom. The van der Waals surface area contributed by atoms with Crippen LogP contribution >= 0.6 is 0 Å². The topological polar surface area (TPSA) is 39.1 Å². The fourth-order valence-corrected chi connectivity index (χ4v) is 3.83. The van der Waals surface area contributed by atoms with Gasteiger partial charge in [-0.25, -0.2) is 12.4 Å². The van der Waals surface area contributed by atoms with Crippen LogP contribution in [0.3, 0.4) is 0 Å². The van der Waals surface area contributed by atoms with Crippen LogP contribution in [0.2, 0.25) is 0 Å². The first-order chi connectivity index (χ1) is 11.0. The number of aryl methyl sites for hydroxylation is 2. The summed E-state index contributed by atoms with van der Waals surface area (Å²) in [6.07, 6.45) is 4.21. The normalized spacial score (nSPS) is 11.6. The van der Waals surface area contributed by atoms with Crippen molar-refractivity contribution in [3.63, 3.8) is 0 Å². The van der Waals surface area contributed by atoms with Crippen molar-refractivity contribution in [3.8, 4) is 11.1 Å². The predicted octanol–water partition coefficient (Wildman–Crippen LogP) is 4.26. The second-order valence-corrected chi connectivity index (χ2v) is 7.41. The third-order valence-corrected chi connectivity index (χ3v) is 5.58. The third-order valence-electron chi connectivity index (χ3n) is 3.95. The number of aromatic nitrogens is 1. The molecule has 2 aromatic carbocycles. The van der Waals surface area contributed by atoms with Crippen molar-refractivity contribution in [2.45, 2.75) is 25.2 Å². The predicted molar refractivity (Wildman–Crippen MR) is 93.0 cm³/mol. The molecule has 0 N–H and O–H groups in total. The van der Waals surface area contributed by atoms with E-state index in [-0.39, 0.29) is 0 Å². The van der Waals surface area contributed by atoms with Crippen molar-refractivity contribution in [1.29, 1.82) is 0 Å². The van der Waals surface area contributed by atoms with Crippen molar-refractivity contribution in [3.05, 3.63) is 78.1 Å². The summed E-state index contributed by atoms with van der Waals surface area (Å²) in [5, 5.41) is 0. The highest BCUT2D eigenvalue weighted by atomic mass is 32.2. The first-order valence-electron chi connectivity index (χ1n) is 7.61. The molecule has 0 spiro atoms. The quantitative estimate of drug-likeness (QED) is 0.719. The van der Waals surface area contributed by atoms with E-state index in [2.05, 4.69) is 0 Å². The number of hydrogen-bond donors (Lipinski definition) is 0. The van der Waals surface area contributed by atoms with Crippen LogP contribution in [0.5, 0.6) is 0 Å². The van der Waals surface area contributed by atoms with Crippen LogP contribution < -0.4 is 0 Å². The Morgan fingerprint density at radius 2 is 1.57 bits per heavy atom. The van der Waals surface area contributed by atoms with Gasteiger partial charge in [0.15, 0.2) is 0 Å². The van der Waals surface area contributed by atoms with Gasteiger partial charge in [0.25, 0.3) is 10.0 Å². The van der Waals surface area contributed by atoms with Gasteiger partial charge in [-0.3, -0.25) is 0 Å². The molecule has 1 aromatic heterocycles. The van der Waals surface area contributed by atoms with E-state index in [0.29, 0.717) is 4.90 Å². The lowest BCUT2D eigenvalue weighted by molar-refractivity contribution is 0.587. The third kappa shape index (κ3) is 2.94. The summed E-state index contributed by atoms with van der Waals surface area (Å²) in [5.74, 6) is 0. The Labute approximate surface area is 137 Å². The molecule has 0 saturated heterocycles. The van der Waals surface area contributed by atoms with Gasteiger partial charge in [-0.15, -0.1) is 0 Å². The molecular formula is C19H19NO2S. The Kier molecular flexibility index (Phi) is 4.09. The summed E-state index contributed by atoms with van der Waals surface area (Å²) >= 11 is 0. The molecule has 0 amide bonds. The summed E-state index contributed by atoms with van der Waals surface area (Å²) in [6.45, 7) is 3.97. The van der Waals surface area contributed by atoms with Crippen LogP contribution in [0.15, 0.2) is 71.9 Å². The molecule has 0 aliphatic heterocycles. The second-order valence-electron chi connectivity index (χ2n) is 5.56. The first kappa shape index (κ1) is 15.6. The fourth-order valence-electron chi connectivity index (χ4n) is 2.60. The lowest BCUT2D eigenvalue weighted by Crippen LogP contribution is -2.10. The molecule has 0 saturated carbocycles. The molecule has 3 aromatic rings. The number of benzene rings is 2. The molecule has 0 bridgehead atoms. The van der Waals surface area contributed by atoms with E-state index in [4.69, 9.17) is 0 Å². The second kappa shape index (κ2) is 6.05. The maximum absolute atomic E-state index is 12.8. The highest BCUT2D eigenvalue weighted by molar-refractivity contribution is 7.90. The van der Waals surface area contributed by atoms with Crippen molar-refractivity contribution in [2.24, 2.45) is 0 Å². The molecule has 4 heteroatoms. The monoisotopic (exact) mass is 325 g/mol. The van der Waals surface area contributed by atoms with Gasteiger partial charge < -0.3 is 0 Å². The van der Waals surface area contributed by atoms with E-state index in [1.807, 2.05) is 56.3 Å². The van der Waals surface area contributed by atoms with E-state index in [1.165, 1.54) is 3.97 Å². The highest BCUT2D eigenvalue weighted by Crippen LogP contribution is 2.27. The molecule has 0 fully saturated rings. The first-order valence-corrected chi connectivity index (χ1v) is 9.05. The van der Waals surface area contributed by atoms with E-state index in [9.17, 15) is 8.42 Å². The summed E-state index contributed by atoms with van der Waals surface area (Å²) in [4.78, 5) is 0.306. The lowest BCUT2D eigenvalue weighted by Gasteiger charge is -2.05. The van der Waals surface area contributed by atoms with Crippen molar-refractivity contribution in [2.75, 3.05) is 0 Å². The highest BCUT2D eigenvalue weighted by Gasteiger charge is 2.19. The minimum Gasteiger partial charge on any atom is -0.248 e. The Balaban J connectivity index is 2.10. The molecule has 118 valence electrons. The largest absolute Gasteiger partial charge is 0.267 e. The summed E-state index contributed by atoms with van der Waals surface area (Å²) in [6, 6.07) is 16.8. The van der Waals surface area contributed by atoms with Gasteiger partial charge in [-0.2, -0.15) is 0 Å².